The number of nitrogens with zero attached hydrogens (tertiary/aromatic N) is 1. The Kier molecular flexibility index (Phi) is 5.98. The van der Waals surface area contributed by atoms with Gasteiger partial charge < -0.3 is 0 Å². The number of hydrogen-bond donors (Lipinski definition) is 1. The van der Waals surface area contributed by atoms with Gasteiger partial charge in [-0.3, -0.25) is 0 Å². The topological polar surface area (TPSA) is 51.1 Å². The standard InChI is InChI=1S/C24H21FN2O2Se/c1-16(18-11-12-19(21(25)15-18)17-7-3-2-4-8-17)23(28)26-13-14-27-24(29)20-9-5-6-10-22(20)30-27/h2-12,15-16H,13-14H2,1H3,(H,26,28). The van der Waals surface area contributed by atoms with Gasteiger partial charge in [0.25, 0.3) is 0 Å². The van der Waals surface area contributed by atoms with Crippen LogP contribution in [-0.4, -0.2) is 30.7 Å². The summed E-state index contributed by atoms with van der Waals surface area (Å²) in [5.74, 6) is -1.01. The summed E-state index contributed by atoms with van der Waals surface area (Å²) in [7, 11) is 0. The first-order chi connectivity index (χ1) is 14.5. The number of carbonyl (C=O) groups is 1. The predicted octanol–water partition coefficient (Wildman–Crippen LogP) is 3.78. The minimum atomic E-state index is -0.485. The molecule has 1 N–H and O–H groups in total. The predicted molar refractivity (Wildman–Crippen MR) is 118 cm³/mol. The number of amides is 1. The molecule has 152 valence electrons. The zero-order valence-corrected chi connectivity index (χ0v) is 18.2. The van der Waals surface area contributed by atoms with Crippen molar-refractivity contribution >= 4 is 30.3 Å². The Labute approximate surface area is 179 Å². The van der Waals surface area contributed by atoms with Crippen LogP contribution >= 0.6 is 0 Å². The molecule has 6 heteroatoms. The first-order valence-electron chi connectivity index (χ1n) is 9.76. The zero-order valence-electron chi connectivity index (χ0n) is 16.5. The van der Waals surface area contributed by atoms with E-state index in [2.05, 4.69) is 5.32 Å². The van der Waals surface area contributed by atoms with E-state index >= 15 is 0 Å². The third-order valence-corrected chi connectivity index (χ3v) is 7.49. The van der Waals surface area contributed by atoms with E-state index in [0.29, 0.717) is 24.2 Å². The van der Waals surface area contributed by atoms with Crippen molar-refractivity contribution in [2.24, 2.45) is 0 Å². The van der Waals surface area contributed by atoms with Crippen molar-refractivity contribution in [2.45, 2.75) is 19.4 Å². The van der Waals surface area contributed by atoms with Gasteiger partial charge in [0.15, 0.2) is 0 Å². The molecule has 1 heterocycles. The van der Waals surface area contributed by atoms with Crippen LogP contribution in [0.5, 0.6) is 0 Å². The number of rotatable bonds is 6. The Morgan fingerprint density at radius 3 is 2.53 bits per heavy atom. The van der Waals surface area contributed by atoms with Crippen molar-refractivity contribution in [3.8, 4) is 11.1 Å². The summed E-state index contributed by atoms with van der Waals surface area (Å²) < 4.78 is 17.5. The Morgan fingerprint density at radius 2 is 1.80 bits per heavy atom. The van der Waals surface area contributed by atoms with Crippen LogP contribution in [0.25, 0.3) is 20.8 Å². The zero-order chi connectivity index (χ0) is 21.1. The van der Waals surface area contributed by atoms with E-state index in [1.807, 2.05) is 54.6 Å². The molecule has 0 fully saturated rings. The van der Waals surface area contributed by atoms with E-state index in [1.54, 1.807) is 22.6 Å². The SMILES string of the molecule is CC(C(=O)NCCn1[se]c2ccccc2c1=O)c1ccc(-c2ccccc2)c(F)c1. The molecule has 1 atom stereocenters. The Morgan fingerprint density at radius 1 is 1.07 bits per heavy atom. The van der Waals surface area contributed by atoms with Crippen LogP contribution in [0.15, 0.2) is 77.6 Å². The average molecular weight is 467 g/mol. The number of hydrogen-bond acceptors (Lipinski definition) is 2. The molecule has 1 amide bonds. The average Bonchev–Trinajstić information content (AvgIpc) is 3.09. The molecule has 0 aliphatic heterocycles. The normalized spacial score (nSPS) is 12.1. The maximum atomic E-state index is 14.6. The second-order valence-electron chi connectivity index (χ2n) is 7.11. The summed E-state index contributed by atoms with van der Waals surface area (Å²) in [6.07, 6.45) is 0. The van der Waals surface area contributed by atoms with E-state index in [4.69, 9.17) is 0 Å². The van der Waals surface area contributed by atoms with Crippen molar-refractivity contribution in [3.63, 3.8) is 0 Å². The van der Waals surface area contributed by atoms with Crippen LogP contribution < -0.4 is 10.9 Å². The summed E-state index contributed by atoms with van der Waals surface area (Å²) in [4.78, 5) is 25.0. The van der Waals surface area contributed by atoms with Crippen molar-refractivity contribution < 1.29 is 9.18 Å². The van der Waals surface area contributed by atoms with Crippen molar-refractivity contribution in [2.75, 3.05) is 6.54 Å². The molecule has 4 nitrogen and oxygen atoms in total. The molecular formula is C24H21FN2O2Se. The molecular weight excluding hydrogens is 446 g/mol. The summed E-state index contributed by atoms with van der Waals surface area (Å²) in [6.45, 7) is 2.59. The number of halogens is 1. The van der Waals surface area contributed by atoms with E-state index in [0.717, 1.165) is 15.2 Å². The fraction of sp³-hybridized carbons (Fsp3) is 0.167. The molecule has 0 bridgehead atoms. The van der Waals surface area contributed by atoms with Crippen LogP contribution in [0.2, 0.25) is 0 Å². The second kappa shape index (κ2) is 8.82. The second-order valence-corrected chi connectivity index (χ2v) is 9.34. The molecule has 4 aromatic rings. The molecule has 0 spiro atoms. The molecule has 1 unspecified atom stereocenters. The fourth-order valence-corrected chi connectivity index (χ4v) is 5.49. The monoisotopic (exact) mass is 468 g/mol. The summed E-state index contributed by atoms with van der Waals surface area (Å²) in [6, 6.07) is 21.9. The first kappa shape index (κ1) is 20.3. The van der Waals surface area contributed by atoms with Gasteiger partial charge in [-0.15, -0.1) is 0 Å². The van der Waals surface area contributed by atoms with Crippen LogP contribution in [-0.2, 0) is 11.3 Å². The third-order valence-electron chi connectivity index (χ3n) is 5.14. The van der Waals surface area contributed by atoms with E-state index in [1.165, 1.54) is 6.07 Å². The minimum absolute atomic E-state index is 0.0199. The van der Waals surface area contributed by atoms with Gasteiger partial charge in [0, 0.05) is 0 Å². The van der Waals surface area contributed by atoms with Gasteiger partial charge in [0.05, 0.1) is 0 Å². The number of nitrogens with one attached hydrogen (secondary N) is 1. The number of benzene rings is 3. The Bertz CT molecular complexity index is 1250. The summed E-state index contributed by atoms with van der Waals surface area (Å²) in [5, 5.41) is 3.63. The Balaban J connectivity index is 1.40. The van der Waals surface area contributed by atoms with E-state index in [9.17, 15) is 14.0 Å². The van der Waals surface area contributed by atoms with Crippen molar-refractivity contribution in [1.82, 2.24) is 8.88 Å². The summed E-state index contributed by atoms with van der Waals surface area (Å²) >= 11 is -0.0551. The van der Waals surface area contributed by atoms with Crippen LogP contribution in [0.4, 0.5) is 4.39 Å². The van der Waals surface area contributed by atoms with Gasteiger partial charge >= 0.3 is 162 Å². The Hall–Kier alpha value is -2.95. The molecule has 0 saturated heterocycles. The van der Waals surface area contributed by atoms with Gasteiger partial charge in [-0.2, -0.15) is 0 Å². The van der Waals surface area contributed by atoms with Crippen LogP contribution in [0.1, 0.15) is 18.4 Å². The molecule has 30 heavy (non-hydrogen) atoms. The van der Waals surface area contributed by atoms with E-state index < -0.39 is 5.92 Å². The molecule has 0 radical (unpaired) electrons. The molecule has 0 aliphatic rings. The first-order valence-corrected chi connectivity index (χ1v) is 11.4. The maximum absolute atomic E-state index is 14.6. The van der Waals surface area contributed by atoms with Gasteiger partial charge in [0.2, 0.25) is 0 Å². The molecule has 3 aromatic carbocycles. The molecule has 0 aliphatic carbocycles. The van der Waals surface area contributed by atoms with Crippen molar-refractivity contribution in [3.05, 3.63) is 94.5 Å². The quantitative estimate of drug-likeness (QED) is 0.439. The molecule has 1 aromatic heterocycles. The van der Waals surface area contributed by atoms with Crippen LogP contribution in [0, 0.1) is 5.82 Å². The molecule has 0 saturated carbocycles. The van der Waals surface area contributed by atoms with Crippen LogP contribution in [0.3, 0.4) is 0 Å². The van der Waals surface area contributed by atoms with Gasteiger partial charge in [-0.1, -0.05) is 18.2 Å². The van der Waals surface area contributed by atoms with Crippen molar-refractivity contribution in [1.29, 1.82) is 0 Å². The number of carbonyl (C=O) groups excluding carboxylic acids is 1. The third kappa shape index (κ3) is 4.16. The van der Waals surface area contributed by atoms with E-state index in [-0.39, 0.29) is 32.0 Å². The van der Waals surface area contributed by atoms with Gasteiger partial charge in [-0.05, 0) is 0 Å². The van der Waals surface area contributed by atoms with Gasteiger partial charge in [-0.25, -0.2) is 0 Å². The summed E-state index contributed by atoms with van der Waals surface area (Å²) in [5.41, 5.74) is 1.96. The number of aromatic nitrogens is 1. The van der Waals surface area contributed by atoms with Gasteiger partial charge in [0.1, 0.15) is 0 Å². The number of fused-ring (bicyclic) bond motifs is 1. The fourth-order valence-electron chi connectivity index (χ4n) is 3.40. The molecule has 4 rings (SSSR count).